The number of rotatable bonds is 2. The third kappa shape index (κ3) is 3.83. The number of H-pyrrole nitrogens is 1. The van der Waals surface area contributed by atoms with Gasteiger partial charge in [-0.3, -0.25) is 4.90 Å². The van der Waals surface area contributed by atoms with E-state index in [0.717, 1.165) is 24.1 Å². The standard InChI is InChI=1S/C19H21ClN4O2/c1-19(2,3)26-18(25)24-8-4-5-16(24)17-22-11-15(23-17)14-7-6-13(20)9-12(14)10-21/h6-7,9,11,16H,4-5,8H2,1-3H3,(H,22,23)/t16-/m0/s1. The Morgan fingerprint density at radius 2 is 2.23 bits per heavy atom. The van der Waals surface area contributed by atoms with E-state index in [2.05, 4.69) is 16.0 Å². The molecule has 1 N–H and O–H groups in total. The Hall–Kier alpha value is -2.52. The van der Waals surface area contributed by atoms with Crippen molar-refractivity contribution in [2.45, 2.75) is 45.3 Å². The molecular formula is C19H21ClN4O2. The monoisotopic (exact) mass is 372 g/mol. The number of nitriles is 1. The molecule has 0 aliphatic carbocycles. The van der Waals surface area contributed by atoms with Gasteiger partial charge >= 0.3 is 6.09 Å². The van der Waals surface area contributed by atoms with Crippen LogP contribution in [0.3, 0.4) is 0 Å². The number of nitrogens with one attached hydrogen (secondary N) is 1. The second-order valence-corrected chi connectivity index (χ2v) is 7.75. The fraction of sp³-hybridized carbons (Fsp3) is 0.421. The molecule has 2 aromatic rings. The van der Waals surface area contributed by atoms with Gasteiger partial charge in [-0.25, -0.2) is 9.78 Å². The van der Waals surface area contributed by atoms with Gasteiger partial charge in [-0.15, -0.1) is 0 Å². The first kappa shape index (κ1) is 18.3. The van der Waals surface area contributed by atoms with Crippen LogP contribution < -0.4 is 0 Å². The van der Waals surface area contributed by atoms with Crippen LogP contribution in [0.2, 0.25) is 5.02 Å². The summed E-state index contributed by atoms with van der Waals surface area (Å²) in [5, 5.41) is 9.84. The minimum absolute atomic E-state index is 0.156. The molecule has 2 heterocycles. The molecule has 6 nitrogen and oxygen atoms in total. The molecule has 1 aromatic heterocycles. The lowest BCUT2D eigenvalue weighted by Crippen LogP contribution is -2.36. The highest BCUT2D eigenvalue weighted by Gasteiger charge is 2.34. The van der Waals surface area contributed by atoms with Crippen LogP contribution in [0.1, 0.15) is 51.0 Å². The third-order valence-electron chi connectivity index (χ3n) is 4.18. The smallest absolute Gasteiger partial charge is 0.410 e. The summed E-state index contributed by atoms with van der Waals surface area (Å²) in [6.45, 7) is 6.20. The maximum absolute atomic E-state index is 12.5. The van der Waals surface area contributed by atoms with E-state index in [4.69, 9.17) is 16.3 Å². The summed E-state index contributed by atoms with van der Waals surface area (Å²) in [4.78, 5) is 21.9. The lowest BCUT2D eigenvalue weighted by atomic mass is 10.1. The molecule has 1 atom stereocenters. The Kier molecular flexibility index (Phi) is 4.92. The molecule has 0 saturated carbocycles. The molecule has 1 aliphatic rings. The lowest BCUT2D eigenvalue weighted by molar-refractivity contribution is 0.0219. The Bertz CT molecular complexity index is 863. The van der Waals surface area contributed by atoms with E-state index in [1.807, 2.05) is 20.8 Å². The zero-order chi connectivity index (χ0) is 18.9. The van der Waals surface area contributed by atoms with Crippen molar-refractivity contribution in [2.75, 3.05) is 6.54 Å². The summed E-state index contributed by atoms with van der Waals surface area (Å²) in [6.07, 6.45) is 3.06. The van der Waals surface area contributed by atoms with Crippen molar-refractivity contribution >= 4 is 17.7 Å². The zero-order valence-corrected chi connectivity index (χ0v) is 15.8. The van der Waals surface area contributed by atoms with Crippen LogP contribution in [0.25, 0.3) is 11.3 Å². The number of halogens is 1. The molecule has 1 aromatic carbocycles. The molecule has 26 heavy (non-hydrogen) atoms. The molecule has 1 fully saturated rings. The number of aromatic nitrogens is 2. The number of carbonyl (C=O) groups excluding carboxylic acids is 1. The first-order valence-corrected chi connectivity index (χ1v) is 8.91. The number of imidazole rings is 1. The number of nitrogens with zero attached hydrogens (tertiary/aromatic N) is 3. The van der Waals surface area contributed by atoms with E-state index in [9.17, 15) is 10.1 Å². The maximum Gasteiger partial charge on any atom is 0.410 e. The van der Waals surface area contributed by atoms with Crippen molar-refractivity contribution in [1.29, 1.82) is 5.26 Å². The number of likely N-dealkylation sites (tertiary alicyclic amines) is 1. The van der Waals surface area contributed by atoms with Gasteiger partial charge in [-0.1, -0.05) is 17.7 Å². The highest BCUT2D eigenvalue weighted by Crippen LogP contribution is 2.33. The van der Waals surface area contributed by atoms with Crippen molar-refractivity contribution < 1.29 is 9.53 Å². The minimum atomic E-state index is -0.538. The largest absolute Gasteiger partial charge is 0.444 e. The minimum Gasteiger partial charge on any atom is -0.444 e. The number of amides is 1. The van der Waals surface area contributed by atoms with Crippen molar-refractivity contribution in [3.63, 3.8) is 0 Å². The van der Waals surface area contributed by atoms with E-state index in [0.29, 0.717) is 23.0 Å². The van der Waals surface area contributed by atoms with Gasteiger partial charge in [0.1, 0.15) is 11.4 Å². The van der Waals surface area contributed by atoms with E-state index >= 15 is 0 Å². The van der Waals surface area contributed by atoms with Crippen LogP contribution in [0.5, 0.6) is 0 Å². The van der Waals surface area contributed by atoms with Crippen molar-refractivity contribution in [2.24, 2.45) is 0 Å². The fourth-order valence-electron chi connectivity index (χ4n) is 3.08. The zero-order valence-electron chi connectivity index (χ0n) is 15.0. The predicted octanol–water partition coefficient (Wildman–Crippen LogP) is 4.67. The van der Waals surface area contributed by atoms with Gasteiger partial charge in [0.2, 0.25) is 0 Å². The topological polar surface area (TPSA) is 82.0 Å². The molecule has 1 saturated heterocycles. The summed E-state index contributed by atoms with van der Waals surface area (Å²) in [7, 11) is 0. The summed E-state index contributed by atoms with van der Waals surface area (Å²) in [5.41, 5.74) is 1.40. The molecule has 0 bridgehead atoms. The first-order chi connectivity index (χ1) is 12.3. The van der Waals surface area contributed by atoms with Crippen LogP contribution in [-0.2, 0) is 4.74 Å². The summed E-state index contributed by atoms with van der Waals surface area (Å²) in [5.74, 6) is 0.696. The highest BCUT2D eigenvalue weighted by atomic mass is 35.5. The van der Waals surface area contributed by atoms with Crippen LogP contribution >= 0.6 is 11.6 Å². The van der Waals surface area contributed by atoms with Crippen molar-refractivity contribution in [1.82, 2.24) is 14.9 Å². The second kappa shape index (κ2) is 7.00. The molecule has 1 aliphatic heterocycles. The van der Waals surface area contributed by atoms with Crippen molar-refractivity contribution in [3.8, 4) is 17.3 Å². The van der Waals surface area contributed by atoms with Crippen LogP contribution in [0.4, 0.5) is 4.79 Å². The van der Waals surface area contributed by atoms with Crippen molar-refractivity contribution in [3.05, 3.63) is 40.8 Å². The number of hydrogen-bond acceptors (Lipinski definition) is 4. The van der Waals surface area contributed by atoms with Gasteiger partial charge in [-0.05, 0) is 45.7 Å². The second-order valence-electron chi connectivity index (χ2n) is 7.32. The van der Waals surface area contributed by atoms with Gasteiger partial charge < -0.3 is 9.72 Å². The first-order valence-electron chi connectivity index (χ1n) is 8.53. The van der Waals surface area contributed by atoms with Crippen LogP contribution in [0, 0.1) is 11.3 Å². The van der Waals surface area contributed by atoms with E-state index in [1.165, 1.54) is 0 Å². The average molecular weight is 373 g/mol. The quantitative estimate of drug-likeness (QED) is 0.830. The number of carbonyl (C=O) groups is 1. The number of hydrogen-bond donors (Lipinski definition) is 1. The van der Waals surface area contributed by atoms with Gasteiger partial charge in [0, 0.05) is 17.1 Å². The Morgan fingerprint density at radius 3 is 2.92 bits per heavy atom. The normalized spacial score (nSPS) is 17.2. The predicted molar refractivity (Wildman–Crippen MR) is 98.7 cm³/mol. The molecule has 1 amide bonds. The molecule has 0 radical (unpaired) electrons. The number of ether oxygens (including phenoxy) is 1. The van der Waals surface area contributed by atoms with Crippen LogP contribution in [0.15, 0.2) is 24.4 Å². The van der Waals surface area contributed by atoms with Crippen LogP contribution in [-0.4, -0.2) is 33.1 Å². The van der Waals surface area contributed by atoms with Gasteiger partial charge in [0.05, 0.1) is 29.6 Å². The SMILES string of the molecule is CC(C)(C)OC(=O)N1CCC[C@H]1c1ncc(-c2ccc(Cl)cc2C#N)[nH]1. The van der Waals surface area contributed by atoms with Gasteiger partial charge in [-0.2, -0.15) is 5.26 Å². The Balaban J connectivity index is 1.86. The number of benzene rings is 1. The van der Waals surface area contributed by atoms with E-state index in [1.54, 1.807) is 29.3 Å². The average Bonchev–Trinajstić information content (AvgIpc) is 3.21. The Labute approximate surface area is 157 Å². The fourth-order valence-corrected chi connectivity index (χ4v) is 3.25. The Morgan fingerprint density at radius 1 is 1.46 bits per heavy atom. The lowest BCUT2D eigenvalue weighted by Gasteiger charge is -2.27. The molecule has 7 heteroatoms. The summed E-state index contributed by atoms with van der Waals surface area (Å²) in [6, 6.07) is 7.15. The van der Waals surface area contributed by atoms with Gasteiger partial charge in [0.15, 0.2) is 0 Å². The molecule has 3 rings (SSSR count). The molecule has 136 valence electrons. The van der Waals surface area contributed by atoms with Gasteiger partial charge in [0.25, 0.3) is 0 Å². The molecule has 0 unspecified atom stereocenters. The highest BCUT2D eigenvalue weighted by molar-refractivity contribution is 6.30. The summed E-state index contributed by atoms with van der Waals surface area (Å²) >= 11 is 5.96. The number of aromatic amines is 1. The van der Waals surface area contributed by atoms with E-state index in [-0.39, 0.29) is 12.1 Å². The van der Waals surface area contributed by atoms with E-state index < -0.39 is 5.60 Å². The summed E-state index contributed by atoms with van der Waals surface area (Å²) < 4.78 is 5.50. The molecular weight excluding hydrogens is 352 g/mol. The maximum atomic E-state index is 12.5. The molecule has 0 spiro atoms. The third-order valence-corrected chi connectivity index (χ3v) is 4.42.